The average Bonchev–Trinajstić information content (AvgIpc) is 2.64. The number of benzene rings is 2. The van der Waals surface area contributed by atoms with Crippen molar-refractivity contribution in [2.75, 3.05) is 11.9 Å². The second-order valence-electron chi connectivity index (χ2n) is 8.06. The number of hydrogen-bond donors (Lipinski definition) is 2. The van der Waals surface area contributed by atoms with Crippen molar-refractivity contribution >= 4 is 33.4 Å². The molecule has 8 nitrogen and oxygen atoms in total. The normalized spacial score (nSPS) is 11.6. The lowest BCUT2D eigenvalue weighted by molar-refractivity contribution is -0.119. The maximum Gasteiger partial charge on any atom is 0.338 e. The Kier molecular flexibility index (Phi) is 7.35. The van der Waals surface area contributed by atoms with Crippen LogP contribution in [0.15, 0.2) is 47.4 Å². The van der Waals surface area contributed by atoms with Crippen LogP contribution < -0.4 is 10.0 Å². The fraction of sp³-hybridized carbons (Fsp3) is 0.318. The van der Waals surface area contributed by atoms with Crippen LogP contribution in [0.5, 0.6) is 0 Å². The molecule has 2 aromatic carbocycles. The van der Waals surface area contributed by atoms with Crippen LogP contribution in [0.3, 0.4) is 0 Å². The number of anilines is 1. The molecule has 0 aliphatic carbocycles. The van der Waals surface area contributed by atoms with Gasteiger partial charge in [0.15, 0.2) is 12.4 Å². The first kappa shape index (κ1) is 24.2. The average molecular weight is 447 g/mol. The zero-order valence-electron chi connectivity index (χ0n) is 18.1. The first-order valence-corrected chi connectivity index (χ1v) is 11.0. The molecule has 166 valence electrons. The van der Waals surface area contributed by atoms with Crippen molar-refractivity contribution in [3.63, 3.8) is 0 Å². The van der Waals surface area contributed by atoms with Gasteiger partial charge in [0.25, 0.3) is 5.91 Å². The van der Waals surface area contributed by atoms with Crippen molar-refractivity contribution in [1.82, 2.24) is 4.72 Å². The fourth-order valence-corrected chi connectivity index (χ4v) is 4.19. The van der Waals surface area contributed by atoms with Crippen LogP contribution in [0, 0.1) is 6.92 Å². The van der Waals surface area contributed by atoms with Crippen LogP contribution in [-0.4, -0.2) is 38.2 Å². The van der Waals surface area contributed by atoms with Gasteiger partial charge in [-0.15, -0.1) is 0 Å². The third kappa shape index (κ3) is 6.73. The number of para-hydroxylation sites is 1. The van der Waals surface area contributed by atoms with Gasteiger partial charge in [-0.1, -0.05) is 18.2 Å². The minimum atomic E-state index is -3.84. The van der Waals surface area contributed by atoms with Gasteiger partial charge in [0.1, 0.15) is 0 Å². The molecule has 0 fully saturated rings. The summed E-state index contributed by atoms with van der Waals surface area (Å²) in [6, 6.07) is 10.6. The molecule has 2 N–H and O–H groups in total. The van der Waals surface area contributed by atoms with Gasteiger partial charge in [-0.05, 0) is 64.4 Å². The lowest BCUT2D eigenvalue weighted by Gasteiger charge is -2.20. The van der Waals surface area contributed by atoms with Crippen LogP contribution in [0.25, 0.3) is 0 Å². The van der Waals surface area contributed by atoms with E-state index in [-0.39, 0.29) is 16.2 Å². The second kappa shape index (κ2) is 9.40. The van der Waals surface area contributed by atoms with Crippen molar-refractivity contribution in [1.29, 1.82) is 0 Å². The molecule has 0 saturated carbocycles. The number of hydrogen-bond acceptors (Lipinski definition) is 6. The van der Waals surface area contributed by atoms with E-state index in [2.05, 4.69) is 10.0 Å². The van der Waals surface area contributed by atoms with Crippen LogP contribution in [-0.2, 0) is 19.6 Å². The highest BCUT2D eigenvalue weighted by atomic mass is 32.2. The topological polar surface area (TPSA) is 119 Å². The van der Waals surface area contributed by atoms with Crippen molar-refractivity contribution in [2.45, 2.75) is 45.1 Å². The molecular formula is C22H26N2O6S. The number of ether oxygens (including phenoxy) is 1. The Hall–Kier alpha value is -3.04. The Morgan fingerprint density at radius 1 is 1.00 bits per heavy atom. The van der Waals surface area contributed by atoms with Gasteiger partial charge < -0.3 is 10.1 Å². The Bertz CT molecular complexity index is 1120. The molecule has 0 aromatic heterocycles. The standard InChI is InChI=1S/C22H26N2O6S/c1-14-10-11-16(31(28,29)24-22(3,4)5)12-18(14)21(27)30-13-20(26)23-19-9-7-6-8-17(19)15(2)25/h6-12,24H,13H2,1-5H3,(H,23,26). The third-order valence-electron chi connectivity index (χ3n) is 4.09. The minimum absolute atomic E-state index is 0.0359. The molecule has 1 amide bonds. The summed E-state index contributed by atoms with van der Waals surface area (Å²) >= 11 is 0. The van der Waals surface area contributed by atoms with Crippen molar-refractivity contribution in [3.05, 3.63) is 59.2 Å². The van der Waals surface area contributed by atoms with Gasteiger partial charge in [-0.25, -0.2) is 17.9 Å². The van der Waals surface area contributed by atoms with E-state index in [1.54, 1.807) is 52.0 Å². The van der Waals surface area contributed by atoms with Gasteiger partial charge in [0.2, 0.25) is 10.0 Å². The number of carbonyl (C=O) groups excluding carboxylic acids is 3. The Morgan fingerprint density at radius 3 is 2.26 bits per heavy atom. The first-order chi connectivity index (χ1) is 14.3. The van der Waals surface area contributed by atoms with E-state index in [0.717, 1.165) is 0 Å². The number of aryl methyl sites for hydroxylation is 1. The summed E-state index contributed by atoms with van der Waals surface area (Å²) < 4.78 is 32.6. The maximum absolute atomic E-state index is 12.5. The predicted octanol–water partition coefficient (Wildman–Crippen LogP) is 3.07. The predicted molar refractivity (Wildman–Crippen MR) is 117 cm³/mol. The second-order valence-corrected chi connectivity index (χ2v) is 9.74. The summed E-state index contributed by atoms with van der Waals surface area (Å²) in [5, 5.41) is 2.53. The highest BCUT2D eigenvalue weighted by molar-refractivity contribution is 7.89. The molecule has 0 bridgehead atoms. The molecule has 0 heterocycles. The Labute approximate surface area is 182 Å². The van der Waals surface area contributed by atoms with E-state index in [1.165, 1.54) is 25.1 Å². The zero-order valence-corrected chi connectivity index (χ0v) is 18.9. The number of amides is 1. The quantitative estimate of drug-likeness (QED) is 0.498. The summed E-state index contributed by atoms with van der Waals surface area (Å²) in [5.74, 6) is -1.68. The van der Waals surface area contributed by atoms with E-state index >= 15 is 0 Å². The SMILES string of the molecule is CC(=O)c1ccccc1NC(=O)COC(=O)c1cc(S(=O)(=O)NC(C)(C)C)ccc1C. The van der Waals surface area contributed by atoms with Crippen LogP contribution in [0.2, 0.25) is 0 Å². The first-order valence-electron chi connectivity index (χ1n) is 9.52. The number of nitrogens with one attached hydrogen (secondary N) is 2. The minimum Gasteiger partial charge on any atom is -0.452 e. The summed E-state index contributed by atoms with van der Waals surface area (Å²) in [4.78, 5) is 36.2. The summed E-state index contributed by atoms with van der Waals surface area (Å²) in [7, 11) is -3.84. The molecule has 9 heteroatoms. The van der Waals surface area contributed by atoms with Crippen molar-refractivity contribution in [2.24, 2.45) is 0 Å². The number of ketones is 1. The molecule has 0 unspecified atom stereocenters. The van der Waals surface area contributed by atoms with E-state index in [1.807, 2.05) is 0 Å². The lowest BCUT2D eigenvalue weighted by atomic mass is 10.1. The molecule has 31 heavy (non-hydrogen) atoms. The molecule has 0 saturated heterocycles. The molecule has 2 rings (SSSR count). The number of rotatable bonds is 7. The highest BCUT2D eigenvalue weighted by Crippen LogP contribution is 2.19. The van der Waals surface area contributed by atoms with E-state index in [4.69, 9.17) is 4.74 Å². The Balaban J connectivity index is 2.12. The van der Waals surface area contributed by atoms with Crippen molar-refractivity contribution in [3.8, 4) is 0 Å². The van der Waals surface area contributed by atoms with Crippen LogP contribution in [0.4, 0.5) is 5.69 Å². The molecule has 0 aliphatic rings. The number of Topliss-reactive ketones (excluding diaryl/α,β-unsaturated/α-hetero) is 1. The number of carbonyl (C=O) groups is 3. The third-order valence-corrected chi connectivity index (χ3v) is 5.85. The molecule has 0 aliphatic heterocycles. The molecular weight excluding hydrogens is 420 g/mol. The van der Waals surface area contributed by atoms with Crippen molar-refractivity contribution < 1.29 is 27.5 Å². The molecule has 0 radical (unpaired) electrons. The fourth-order valence-electron chi connectivity index (χ4n) is 2.74. The Morgan fingerprint density at radius 2 is 1.65 bits per heavy atom. The zero-order chi connectivity index (χ0) is 23.4. The smallest absolute Gasteiger partial charge is 0.338 e. The van der Waals surface area contributed by atoms with Gasteiger partial charge in [-0.3, -0.25) is 9.59 Å². The molecule has 2 aromatic rings. The van der Waals surface area contributed by atoms with Gasteiger partial charge in [-0.2, -0.15) is 0 Å². The van der Waals surface area contributed by atoms with E-state index in [0.29, 0.717) is 16.8 Å². The summed E-state index contributed by atoms with van der Waals surface area (Å²) in [6.45, 7) is 7.53. The maximum atomic E-state index is 12.5. The summed E-state index contributed by atoms with van der Waals surface area (Å²) in [5.41, 5.74) is 0.491. The molecule has 0 spiro atoms. The van der Waals surface area contributed by atoms with Gasteiger partial charge in [0, 0.05) is 11.1 Å². The molecule has 0 atom stereocenters. The van der Waals surface area contributed by atoms with E-state index < -0.39 is 34.0 Å². The largest absolute Gasteiger partial charge is 0.452 e. The number of esters is 1. The highest BCUT2D eigenvalue weighted by Gasteiger charge is 2.24. The summed E-state index contributed by atoms with van der Waals surface area (Å²) in [6.07, 6.45) is 0. The van der Waals surface area contributed by atoms with Gasteiger partial charge >= 0.3 is 5.97 Å². The number of sulfonamides is 1. The monoisotopic (exact) mass is 446 g/mol. The lowest BCUT2D eigenvalue weighted by Crippen LogP contribution is -2.40. The van der Waals surface area contributed by atoms with E-state index in [9.17, 15) is 22.8 Å². The van der Waals surface area contributed by atoms with Gasteiger partial charge in [0.05, 0.1) is 16.1 Å². The van der Waals surface area contributed by atoms with Crippen LogP contribution in [0.1, 0.15) is 54.0 Å². The van der Waals surface area contributed by atoms with Crippen LogP contribution >= 0.6 is 0 Å².